The van der Waals surface area contributed by atoms with Gasteiger partial charge in [0, 0.05) is 22.8 Å². The third-order valence-electron chi connectivity index (χ3n) is 12.0. The summed E-state index contributed by atoms with van der Waals surface area (Å²) >= 11 is 0. The number of aliphatic carboxylic acids is 1. The first-order chi connectivity index (χ1) is 15.7. The second-order valence-corrected chi connectivity index (χ2v) is 13.4. The number of carbonyl (C=O) groups is 2. The van der Waals surface area contributed by atoms with Crippen molar-refractivity contribution in [1.82, 2.24) is 0 Å². The lowest BCUT2D eigenvalue weighted by molar-refractivity contribution is -0.245. The molecule has 0 aromatic heterocycles. The van der Waals surface area contributed by atoms with E-state index < -0.39 is 5.97 Å². The normalized spacial score (nSPS) is 45.8. The molecule has 8 atom stereocenters. The molecule has 4 aliphatic rings. The quantitative estimate of drug-likeness (QED) is 0.352. The summed E-state index contributed by atoms with van der Waals surface area (Å²) in [6.45, 7) is 17.6. The Balaban J connectivity index is 1.60. The van der Waals surface area contributed by atoms with Gasteiger partial charge in [0.15, 0.2) is 0 Å². The number of allylic oxidation sites excluding steroid dienone is 2. The van der Waals surface area contributed by atoms with E-state index in [9.17, 15) is 14.7 Å². The highest BCUT2D eigenvalue weighted by molar-refractivity contribution is 5.86. The van der Waals surface area contributed by atoms with E-state index in [1.165, 1.54) is 5.57 Å². The number of fused-ring (bicyclic) bond motifs is 5. The maximum absolute atomic E-state index is 12.9. The van der Waals surface area contributed by atoms with Crippen molar-refractivity contribution < 1.29 is 19.8 Å². The molecule has 0 spiro atoms. The first-order valence-electron chi connectivity index (χ1n) is 13.5. The fraction of sp³-hybridized carbons (Fsp3) is 0.800. The first-order valence-corrected chi connectivity index (χ1v) is 13.5. The fourth-order valence-electron chi connectivity index (χ4n) is 9.73. The van der Waals surface area contributed by atoms with Crippen molar-refractivity contribution in [2.75, 3.05) is 0 Å². The topological polar surface area (TPSA) is 74.6 Å². The van der Waals surface area contributed by atoms with Crippen LogP contribution in [0.5, 0.6) is 0 Å². The average Bonchev–Trinajstić information content (AvgIpc) is 3.12. The number of carbonyl (C=O) groups excluding carboxylic acids is 1. The summed E-state index contributed by atoms with van der Waals surface area (Å²) < 4.78 is 0. The van der Waals surface area contributed by atoms with Gasteiger partial charge in [0.2, 0.25) is 0 Å². The molecule has 0 amide bonds. The minimum absolute atomic E-state index is 0.0509. The van der Waals surface area contributed by atoms with E-state index in [-0.39, 0.29) is 33.7 Å². The van der Waals surface area contributed by atoms with Gasteiger partial charge in [0.25, 0.3) is 0 Å². The van der Waals surface area contributed by atoms with Gasteiger partial charge in [0.1, 0.15) is 5.78 Å². The molecule has 0 aliphatic heterocycles. The molecule has 0 bridgehead atoms. The molecular formula is C30H46O4. The first kappa shape index (κ1) is 25.7. The number of carboxylic acids is 1. The van der Waals surface area contributed by atoms with Crippen molar-refractivity contribution in [2.45, 2.75) is 105 Å². The van der Waals surface area contributed by atoms with Crippen LogP contribution in [0.4, 0.5) is 0 Å². The van der Waals surface area contributed by atoms with E-state index in [4.69, 9.17) is 5.11 Å². The van der Waals surface area contributed by atoms with Crippen molar-refractivity contribution in [2.24, 2.45) is 45.3 Å². The summed E-state index contributed by atoms with van der Waals surface area (Å²) in [6, 6.07) is 0. The number of aliphatic hydroxyl groups excluding tert-OH is 1. The van der Waals surface area contributed by atoms with Crippen LogP contribution >= 0.6 is 0 Å². The molecule has 4 rings (SSSR count). The largest absolute Gasteiger partial charge is 0.478 e. The summed E-state index contributed by atoms with van der Waals surface area (Å²) in [4.78, 5) is 24.0. The summed E-state index contributed by atoms with van der Waals surface area (Å²) in [5, 5.41) is 21.0. The molecule has 0 heterocycles. The fourth-order valence-corrected chi connectivity index (χ4v) is 9.73. The zero-order valence-electron chi connectivity index (χ0n) is 22.2. The Morgan fingerprint density at radius 1 is 1.09 bits per heavy atom. The van der Waals surface area contributed by atoms with Crippen LogP contribution in [0.2, 0.25) is 0 Å². The van der Waals surface area contributed by atoms with Gasteiger partial charge in [-0.15, -0.1) is 0 Å². The molecule has 4 saturated carbocycles. The van der Waals surface area contributed by atoms with Crippen LogP contribution in [0.15, 0.2) is 23.8 Å². The average molecular weight is 471 g/mol. The van der Waals surface area contributed by atoms with Crippen molar-refractivity contribution in [1.29, 1.82) is 0 Å². The van der Waals surface area contributed by atoms with E-state index in [1.807, 2.05) is 6.08 Å². The zero-order chi connectivity index (χ0) is 25.3. The lowest BCUT2D eigenvalue weighted by atomic mass is 9.35. The van der Waals surface area contributed by atoms with E-state index in [0.717, 1.165) is 51.4 Å². The van der Waals surface area contributed by atoms with E-state index in [0.29, 0.717) is 35.5 Å². The van der Waals surface area contributed by atoms with Gasteiger partial charge in [-0.3, -0.25) is 4.79 Å². The van der Waals surface area contributed by atoms with E-state index in [1.54, 1.807) is 6.92 Å². The van der Waals surface area contributed by atoms with Gasteiger partial charge < -0.3 is 10.2 Å². The number of carboxylic acid groups (broad SMARTS) is 1. The highest BCUT2D eigenvalue weighted by Gasteiger charge is 2.71. The van der Waals surface area contributed by atoms with E-state index in [2.05, 4.69) is 41.2 Å². The summed E-state index contributed by atoms with van der Waals surface area (Å²) in [6.07, 6.45) is 9.85. The van der Waals surface area contributed by atoms with Gasteiger partial charge >= 0.3 is 5.97 Å². The summed E-state index contributed by atoms with van der Waals surface area (Å²) in [5.74, 6) is 1.15. The van der Waals surface area contributed by atoms with E-state index >= 15 is 0 Å². The van der Waals surface area contributed by atoms with Gasteiger partial charge in [-0.1, -0.05) is 52.8 Å². The van der Waals surface area contributed by atoms with Crippen LogP contribution < -0.4 is 0 Å². The standard InChI is InChI=1S/C30H46O4/c1-18(9-8-10-19(2)26(33)34)20-13-16-29(6)21(20)11-12-22-28(5)15-14-24(31)27(3,4)23(28)17-25(32)30(22,29)7/h10,20-23,25,32H,1,8-9,11-17H2,2-7H3,(H,33,34)/b19-10+/t20-,21+,22+,23-,25+,28+,29+,30-/m0/s1. The van der Waals surface area contributed by atoms with Crippen molar-refractivity contribution in [3.8, 4) is 0 Å². The molecule has 4 aliphatic carbocycles. The maximum atomic E-state index is 12.9. The van der Waals surface area contributed by atoms with Crippen LogP contribution in [0.25, 0.3) is 0 Å². The van der Waals surface area contributed by atoms with Crippen molar-refractivity contribution >= 4 is 11.8 Å². The Labute approximate surface area is 206 Å². The molecule has 0 unspecified atom stereocenters. The Hall–Kier alpha value is -1.42. The SMILES string of the molecule is C=C(CC/C=C(\C)C(=O)O)[C@@H]1CC[C@]2(C)[C@@H]1CC[C@@H]1[C@@]3(C)CCC(=O)C(C)(C)[C@@H]3C[C@@H](O)[C@]12C. The molecule has 4 fully saturated rings. The minimum atomic E-state index is -0.851. The number of hydrogen-bond acceptors (Lipinski definition) is 3. The number of ketones is 1. The van der Waals surface area contributed by atoms with Crippen LogP contribution in [0.1, 0.15) is 99.3 Å². The molecule has 4 nitrogen and oxygen atoms in total. The number of rotatable bonds is 5. The van der Waals surface area contributed by atoms with Gasteiger partial charge in [-0.2, -0.15) is 0 Å². The van der Waals surface area contributed by atoms with Crippen LogP contribution in [-0.4, -0.2) is 28.1 Å². The Bertz CT molecular complexity index is 915. The maximum Gasteiger partial charge on any atom is 0.330 e. The van der Waals surface area contributed by atoms with Crippen LogP contribution in [0.3, 0.4) is 0 Å². The highest BCUT2D eigenvalue weighted by atomic mass is 16.4. The predicted molar refractivity (Wildman–Crippen MR) is 135 cm³/mol. The molecule has 4 heteroatoms. The second kappa shape index (κ2) is 8.32. The van der Waals surface area contributed by atoms with Crippen molar-refractivity contribution in [3.63, 3.8) is 0 Å². The highest BCUT2D eigenvalue weighted by Crippen LogP contribution is 2.75. The van der Waals surface area contributed by atoms with Crippen LogP contribution in [0, 0.1) is 45.3 Å². The lowest BCUT2D eigenvalue weighted by Gasteiger charge is -2.70. The monoisotopic (exact) mass is 470 g/mol. The molecule has 34 heavy (non-hydrogen) atoms. The smallest absolute Gasteiger partial charge is 0.330 e. The lowest BCUT2D eigenvalue weighted by Crippen LogP contribution is -2.68. The number of aliphatic hydroxyl groups is 1. The number of hydrogen-bond donors (Lipinski definition) is 2. The van der Waals surface area contributed by atoms with Crippen LogP contribution in [-0.2, 0) is 9.59 Å². The van der Waals surface area contributed by atoms with Gasteiger partial charge in [-0.25, -0.2) is 4.79 Å². The third kappa shape index (κ3) is 3.41. The van der Waals surface area contributed by atoms with Crippen molar-refractivity contribution in [3.05, 3.63) is 23.8 Å². The Morgan fingerprint density at radius 2 is 1.76 bits per heavy atom. The van der Waals surface area contributed by atoms with Gasteiger partial charge in [0.05, 0.1) is 6.10 Å². The Kier molecular flexibility index (Phi) is 6.28. The molecular weight excluding hydrogens is 424 g/mol. The molecule has 2 N–H and O–H groups in total. The molecule has 190 valence electrons. The predicted octanol–water partition coefficient (Wildman–Crippen LogP) is 6.58. The zero-order valence-corrected chi connectivity index (χ0v) is 22.2. The van der Waals surface area contributed by atoms with Gasteiger partial charge in [-0.05, 0) is 92.8 Å². The molecule has 0 aromatic carbocycles. The number of Topliss-reactive ketones (excluding diaryl/α,β-unsaturated/α-hetero) is 1. The molecule has 0 aromatic rings. The summed E-state index contributed by atoms with van der Waals surface area (Å²) in [5.41, 5.74) is 1.28. The minimum Gasteiger partial charge on any atom is -0.478 e. The molecule has 0 saturated heterocycles. The summed E-state index contributed by atoms with van der Waals surface area (Å²) in [7, 11) is 0. The third-order valence-corrected chi connectivity index (χ3v) is 12.0. The molecule has 0 radical (unpaired) electrons. The second-order valence-electron chi connectivity index (χ2n) is 13.4. The Morgan fingerprint density at radius 3 is 2.41 bits per heavy atom.